The Balaban J connectivity index is 0.00000312. The third-order valence-electron chi connectivity index (χ3n) is 3.19. The lowest BCUT2D eigenvalue weighted by molar-refractivity contribution is 0.0949. The summed E-state index contributed by atoms with van der Waals surface area (Å²) >= 11 is 1.64. The van der Waals surface area contributed by atoms with Crippen LogP contribution in [0.1, 0.15) is 35.5 Å². The van der Waals surface area contributed by atoms with Gasteiger partial charge in [-0.15, -0.1) is 23.7 Å². The third-order valence-corrected chi connectivity index (χ3v) is 4.07. The molecule has 0 unspecified atom stereocenters. The van der Waals surface area contributed by atoms with E-state index in [1.807, 2.05) is 17.5 Å². The number of amides is 1. The molecule has 1 aromatic heterocycles. The quantitative estimate of drug-likeness (QED) is 0.433. The summed E-state index contributed by atoms with van der Waals surface area (Å²) in [7, 11) is 0. The third kappa shape index (κ3) is 6.84. The molecule has 0 spiro atoms. The van der Waals surface area contributed by atoms with Crippen molar-refractivity contribution in [1.29, 1.82) is 0 Å². The molecule has 136 valence electrons. The fourth-order valence-corrected chi connectivity index (χ4v) is 2.79. The van der Waals surface area contributed by atoms with Crippen LogP contribution in [0.4, 0.5) is 4.39 Å². The molecule has 25 heavy (non-hydrogen) atoms. The largest absolute Gasteiger partial charge is 0.367 e. The number of benzene rings is 1. The molecule has 0 aliphatic rings. The fraction of sp³-hybridized carbons (Fsp3) is 0.333. The molecule has 0 bridgehead atoms. The Morgan fingerprint density at radius 1 is 1.24 bits per heavy atom. The Morgan fingerprint density at radius 3 is 2.64 bits per heavy atom. The average molecular weight is 384 g/mol. The predicted octanol–water partition coefficient (Wildman–Crippen LogP) is 3.87. The zero-order valence-corrected chi connectivity index (χ0v) is 15.9. The zero-order chi connectivity index (χ0) is 17.4. The highest BCUT2D eigenvalue weighted by molar-refractivity contribution is 7.12. The molecule has 1 heterocycles. The van der Waals surface area contributed by atoms with E-state index in [1.165, 1.54) is 12.1 Å². The number of carbonyl (C=O) groups is 1. The number of amidine groups is 1. The maximum absolute atomic E-state index is 13.5. The number of hydrogen-bond acceptors (Lipinski definition) is 3. The van der Waals surface area contributed by atoms with E-state index in [4.69, 9.17) is 0 Å². The fourth-order valence-electron chi connectivity index (χ4n) is 2.09. The van der Waals surface area contributed by atoms with E-state index < -0.39 is 11.7 Å². The minimum Gasteiger partial charge on any atom is -0.367 e. The molecular weight excluding hydrogens is 361 g/mol. The maximum Gasteiger partial charge on any atom is 0.254 e. The van der Waals surface area contributed by atoms with Crippen molar-refractivity contribution in [3.63, 3.8) is 0 Å². The molecule has 7 heteroatoms. The average Bonchev–Trinajstić information content (AvgIpc) is 3.07. The van der Waals surface area contributed by atoms with Crippen LogP contribution >= 0.6 is 23.7 Å². The second-order valence-corrected chi connectivity index (χ2v) is 6.54. The van der Waals surface area contributed by atoms with Crippen molar-refractivity contribution in [2.75, 3.05) is 13.1 Å². The van der Waals surface area contributed by atoms with Crippen LogP contribution in [0.2, 0.25) is 0 Å². The molecule has 2 aromatic rings. The topological polar surface area (TPSA) is 53.5 Å². The molecule has 2 N–H and O–H groups in total. The highest BCUT2D eigenvalue weighted by atomic mass is 35.5. The Kier molecular flexibility index (Phi) is 9.16. The second kappa shape index (κ2) is 10.8. The van der Waals surface area contributed by atoms with Gasteiger partial charge in [0, 0.05) is 19.1 Å². The van der Waals surface area contributed by atoms with Gasteiger partial charge in [0.05, 0.1) is 10.4 Å². The predicted molar refractivity (Wildman–Crippen MR) is 105 cm³/mol. The van der Waals surface area contributed by atoms with Crippen molar-refractivity contribution in [3.05, 3.63) is 58.0 Å². The molecule has 0 aliphatic heterocycles. The second-order valence-electron chi connectivity index (χ2n) is 5.60. The molecule has 0 fully saturated rings. The maximum atomic E-state index is 13.5. The van der Waals surface area contributed by atoms with Gasteiger partial charge in [0.1, 0.15) is 11.7 Å². The van der Waals surface area contributed by atoms with Crippen molar-refractivity contribution in [2.24, 2.45) is 4.99 Å². The number of aliphatic imine (C=N–C) groups is 1. The van der Waals surface area contributed by atoms with Gasteiger partial charge in [0.2, 0.25) is 0 Å². The number of nitrogens with zero attached hydrogens (tertiary/aromatic N) is 1. The van der Waals surface area contributed by atoms with Gasteiger partial charge in [-0.3, -0.25) is 9.79 Å². The minimum atomic E-state index is -0.505. The summed E-state index contributed by atoms with van der Waals surface area (Å²) in [6.07, 6.45) is 0.689. The van der Waals surface area contributed by atoms with E-state index >= 15 is 0 Å². The molecule has 1 amide bonds. The van der Waals surface area contributed by atoms with E-state index in [2.05, 4.69) is 29.5 Å². The SMILES string of the molecule is CC(C)NC(=NCCCNC(=O)c1ccccc1F)c1cccs1.Cl. The van der Waals surface area contributed by atoms with Gasteiger partial charge in [-0.05, 0) is 43.8 Å². The molecule has 4 nitrogen and oxygen atoms in total. The summed E-state index contributed by atoms with van der Waals surface area (Å²) in [4.78, 5) is 17.6. The molecular formula is C18H23ClFN3OS. The molecule has 0 atom stereocenters. The van der Waals surface area contributed by atoms with E-state index in [-0.39, 0.29) is 18.0 Å². The van der Waals surface area contributed by atoms with Crippen molar-refractivity contribution in [3.8, 4) is 0 Å². The smallest absolute Gasteiger partial charge is 0.254 e. The normalized spacial score (nSPS) is 11.1. The highest BCUT2D eigenvalue weighted by Gasteiger charge is 2.09. The number of carbonyl (C=O) groups excluding carboxylic acids is 1. The van der Waals surface area contributed by atoms with Crippen molar-refractivity contribution in [1.82, 2.24) is 10.6 Å². The lowest BCUT2D eigenvalue weighted by Crippen LogP contribution is -2.31. The Labute approximate surface area is 158 Å². The standard InChI is InChI=1S/C18H22FN3OS.ClH/c1-13(2)22-17(16-9-5-12-24-16)20-10-6-11-21-18(23)14-7-3-4-8-15(14)19;/h3-5,7-9,12-13H,6,10-11H2,1-2H3,(H,20,22)(H,21,23);1H. The summed E-state index contributed by atoms with van der Waals surface area (Å²) in [5, 5.41) is 8.08. The first kappa shape index (κ1) is 21.1. The van der Waals surface area contributed by atoms with E-state index in [0.29, 0.717) is 25.6 Å². The van der Waals surface area contributed by atoms with Gasteiger partial charge in [-0.1, -0.05) is 18.2 Å². The van der Waals surface area contributed by atoms with E-state index in [0.717, 1.165) is 10.7 Å². The first-order valence-electron chi connectivity index (χ1n) is 7.95. The molecule has 1 aromatic carbocycles. The van der Waals surface area contributed by atoms with Gasteiger partial charge < -0.3 is 10.6 Å². The van der Waals surface area contributed by atoms with E-state index in [1.54, 1.807) is 23.5 Å². The van der Waals surface area contributed by atoms with Gasteiger partial charge in [0.25, 0.3) is 5.91 Å². The number of thiophene rings is 1. The molecule has 0 radical (unpaired) electrons. The Hall–Kier alpha value is -1.92. The zero-order valence-electron chi connectivity index (χ0n) is 14.3. The van der Waals surface area contributed by atoms with Crippen LogP contribution in [0.5, 0.6) is 0 Å². The summed E-state index contributed by atoms with van der Waals surface area (Å²) < 4.78 is 13.5. The minimum absolute atomic E-state index is 0. The highest BCUT2D eigenvalue weighted by Crippen LogP contribution is 2.10. The van der Waals surface area contributed by atoms with Crippen molar-refractivity contribution in [2.45, 2.75) is 26.3 Å². The molecule has 0 aliphatic carbocycles. The van der Waals surface area contributed by atoms with Gasteiger partial charge in [-0.2, -0.15) is 0 Å². The molecule has 0 saturated carbocycles. The summed E-state index contributed by atoms with van der Waals surface area (Å²) in [5.41, 5.74) is 0.0711. The van der Waals surface area contributed by atoms with Crippen molar-refractivity contribution < 1.29 is 9.18 Å². The first-order valence-corrected chi connectivity index (χ1v) is 8.83. The van der Waals surface area contributed by atoms with E-state index in [9.17, 15) is 9.18 Å². The van der Waals surface area contributed by atoms with Crippen LogP contribution in [-0.2, 0) is 0 Å². The monoisotopic (exact) mass is 383 g/mol. The van der Waals surface area contributed by atoms with Crippen LogP contribution in [0.3, 0.4) is 0 Å². The van der Waals surface area contributed by atoms with Gasteiger partial charge in [0.15, 0.2) is 0 Å². The first-order chi connectivity index (χ1) is 11.6. The summed E-state index contributed by atoms with van der Waals surface area (Å²) in [5.74, 6) is -0.0227. The van der Waals surface area contributed by atoms with Crippen LogP contribution < -0.4 is 10.6 Å². The lowest BCUT2D eigenvalue weighted by atomic mass is 10.2. The number of halogens is 2. The van der Waals surface area contributed by atoms with Crippen LogP contribution in [0, 0.1) is 5.82 Å². The number of rotatable bonds is 7. The Morgan fingerprint density at radius 2 is 2.00 bits per heavy atom. The summed E-state index contributed by atoms with van der Waals surface area (Å²) in [6.45, 7) is 5.18. The number of nitrogens with one attached hydrogen (secondary N) is 2. The lowest BCUT2D eigenvalue weighted by Gasteiger charge is -2.12. The van der Waals surface area contributed by atoms with Crippen LogP contribution in [0.15, 0.2) is 46.8 Å². The molecule has 2 rings (SSSR count). The summed E-state index contributed by atoms with van der Waals surface area (Å²) in [6, 6.07) is 10.3. The van der Waals surface area contributed by atoms with Crippen LogP contribution in [-0.4, -0.2) is 30.9 Å². The number of hydrogen-bond donors (Lipinski definition) is 2. The van der Waals surface area contributed by atoms with Crippen molar-refractivity contribution >= 4 is 35.5 Å². The van der Waals surface area contributed by atoms with Gasteiger partial charge in [-0.25, -0.2) is 4.39 Å². The Bertz CT molecular complexity index is 689. The van der Waals surface area contributed by atoms with Gasteiger partial charge >= 0.3 is 0 Å². The van der Waals surface area contributed by atoms with Crippen LogP contribution in [0.25, 0.3) is 0 Å². The molecule has 0 saturated heterocycles.